The predicted molar refractivity (Wildman–Crippen MR) is 82.1 cm³/mol. The molecule has 0 aliphatic carbocycles. The van der Waals surface area contributed by atoms with Gasteiger partial charge in [-0.25, -0.2) is 4.79 Å². The highest BCUT2D eigenvalue weighted by atomic mass is 32.2. The second-order valence-electron chi connectivity index (χ2n) is 6.20. The van der Waals surface area contributed by atoms with Crippen molar-refractivity contribution in [1.29, 1.82) is 0 Å². The van der Waals surface area contributed by atoms with Crippen LogP contribution in [0.5, 0.6) is 0 Å². The molecule has 3 nitrogen and oxygen atoms in total. The van der Waals surface area contributed by atoms with Gasteiger partial charge in [-0.05, 0) is 29.0 Å². The van der Waals surface area contributed by atoms with E-state index in [1.54, 1.807) is 23.9 Å². The van der Waals surface area contributed by atoms with Crippen LogP contribution in [0.3, 0.4) is 0 Å². The molecule has 1 rings (SSSR count). The van der Waals surface area contributed by atoms with Crippen molar-refractivity contribution in [3.05, 3.63) is 23.3 Å². The molecule has 0 fully saturated rings. The summed E-state index contributed by atoms with van der Waals surface area (Å²) in [4.78, 5) is 12.1. The molecule has 0 unspecified atom stereocenters. The highest BCUT2D eigenvalue weighted by Gasteiger charge is 2.22. The standard InChI is InChI=1S/C15H23NO2S/c1-9(2)8-19-12-7-10(14(17)18)6-11(13(12)16)15(3,4)5/h6-7,9H,8,16H2,1-5H3,(H,17,18). The Hall–Kier alpha value is -1.16. The second kappa shape index (κ2) is 5.87. The first-order valence-corrected chi connectivity index (χ1v) is 7.41. The van der Waals surface area contributed by atoms with Gasteiger partial charge >= 0.3 is 5.97 Å². The first-order chi connectivity index (χ1) is 8.62. The predicted octanol–water partition coefficient (Wildman–Crippen LogP) is 4.01. The topological polar surface area (TPSA) is 63.3 Å². The van der Waals surface area contributed by atoms with E-state index in [9.17, 15) is 9.90 Å². The molecule has 4 heteroatoms. The SMILES string of the molecule is CC(C)CSc1cc(C(=O)O)cc(C(C)(C)C)c1N. The van der Waals surface area contributed by atoms with Crippen LogP contribution >= 0.6 is 11.8 Å². The quantitative estimate of drug-likeness (QED) is 0.646. The first-order valence-electron chi connectivity index (χ1n) is 6.43. The number of thioether (sulfide) groups is 1. The van der Waals surface area contributed by atoms with Crippen LogP contribution in [0.1, 0.15) is 50.5 Å². The Kier molecular flexibility index (Phi) is 4.91. The molecule has 1 aromatic carbocycles. The number of carboxylic acids is 1. The van der Waals surface area contributed by atoms with Gasteiger partial charge in [0.15, 0.2) is 0 Å². The van der Waals surface area contributed by atoms with E-state index in [1.807, 2.05) is 20.8 Å². The molecular weight excluding hydrogens is 258 g/mol. The van der Waals surface area contributed by atoms with Gasteiger partial charge in [-0.3, -0.25) is 0 Å². The van der Waals surface area contributed by atoms with E-state index in [2.05, 4.69) is 13.8 Å². The Morgan fingerprint density at radius 1 is 1.37 bits per heavy atom. The highest BCUT2D eigenvalue weighted by Crippen LogP contribution is 2.36. The Labute approximate surface area is 119 Å². The summed E-state index contributed by atoms with van der Waals surface area (Å²) in [7, 11) is 0. The third-order valence-electron chi connectivity index (χ3n) is 2.77. The number of nitrogens with two attached hydrogens (primary N) is 1. The van der Waals surface area contributed by atoms with Crippen molar-refractivity contribution in [2.45, 2.75) is 44.9 Å². The van der Waals surface area contributed by atoms with Gasteiger partial charge < -0.3 is 10.8 Å². The zero-order valence-electron chi connectivity index (χ0n) is 12.3. The van der Waals surface area contributed by atoms with Gasteiger partial charge in [0, 0.05) is 16.3 Å². The molecule has 1 aromatic rings. The fourth-order valence-corrected chi connectivity index (χ4v) is 2.74. The molecule has 19 heavy (non-hydrogen) atoms. The monoisotopic (exact) mass is 281 g/mol. The molecule has 0 aromatic heterocycles. The maximum atomic E-state index is 11.2. The van der Waals surface area contributed by atoms with Crippen molar-refractivity contribution in [1.82, 2.24) is 0 Å². The van der Waals surface area contributed by atoms with E-state index < -0.39 is 5.97 Å². The lowest BCUT2D eigenvalue weighted by molar-refractivity contribution is 0.0696. The first kappa shape index (κ1) is 15.9. The Morgan fingerprint density at radius 2 is 1.95 bits per heavy atom. The minimum atomic E-state index is -0.906. The van der Waals surface area contributed by atoms with Crippen LogP contribution in [0.4, 0.5) is 5.69 Å². The molecule has 3 N–H and O–H groups in total. The Bertz CT molecular complexity index is 476. The van der Waals surface area contributed by atoms with E-state index in [0.29, 0.717) is 17.2 Å². The van der Waals surface area contributed by atoms with E-state index in [4.69, 9.17) is 5.73 Å². The minimum absolute atomic E-state index is 0.164. The maximum Gasteiger partial charge on any atom is 0.335 e. The van der Waals surface area contributed by atoms with Gasteiger partial charge in [0.1, 0.15) is 0 Å². The summed E-state index contributed by atoms with van der Waals surface area (Å²) < 4.78 is 0. The van der Waals surface area contributed by atoms with Crippen molar-refractivity contribution >= 4 is 23.4 Å². The summed E-state index contributed by atoms with van der Waals surface area (Å²) in [6, 6.07) is 3.37. The fourth-order valence-electron chi connectivity index (χ4n) is 1.75. The average Bonchev–Trinajstić information content (AvgIpc) is 2.25. The number of rotatable bonds is 4. The van der Waals surface area contributed by atoms with Crippen LogP contribution < -0.4 is 5.73 Å². The molecular formula is C15H23NO2S. The smallest absolute Gasteiger partial charge is 0.335 e. The zero-order chi connectivity index (χ0) is 14.8. The van der Waals surface area contributed by atoms with Crippen LogP contribution in [0, 0.1) is 5.92 Å². The number of hydrogen-bond donors (Lipinski definition) is 2. The van der Waals surface area contributed by atoms with Gasteiger partial charge in [0.2, 0.25) is 0 Å². The Balaban J connectivity index is 3.29. The van der Waals surface area contributed by atoms with E-state index in [1.165, 1.54) is 0 Å². The lowest BCUT2D eigenvalue weighted by atomic mass is 9.85. The van der Waals surface area contributed by atoms with E-state index in [-0.39, 0.29) is 5.41 Å². The van der Waals surface area contributed by atoms with E-state index in [0.717, 1.165) is 16.2 Å². The maximum absolute atomic E-state index is 11.2. The summed E-state index contributed by atoms with van der Waals surface area (Å²) in [6.07, 6.45) is 0. The number of carbonyl (C=O) groups is 1. The van der Waals surface area contributed by atoms with Gasteiger partial charge in [0.25, 0.3) is 0 Å². The van der Waals surface area contributed by atoms with Crippen molar-refractivity contribution in [3.8, 4) is 0 Å². The summed E-state index contributed by atoms with van der Waals surface area (Å²) >= 11 is 1.63. The van der Waals surface area contributed by atoms with E-state index >= 15 is 0 Å². The van der Waals surface area contributed by atoms with Gasteiger partial charge in [-0.15, -0.1) is 11.8 Å². The summed E-state index contributed by atoms with van der Waals surface area (Å²) in [5.41, 5.74) is 7.97. The normalized spacial score (nSPS) is 11.9. The molecule has 106 valence electrons. The lowest BCUT2D eigenvalue weighted by Gasteiger charge is -2.23. The fraction of sp³-hybridized carbons (Fsp3) is 0.533. The van der Waals surface area contributed by atoms with Crippen molar-refractivity contribution in [2.75, 3.05) is 11.5 Å². The molecule has 0 aliphatic heterocycles. The number of nitrogen functional groups attached to an aromatic ring is 1. The second-order valence-corrected chi connectivity index (χ2v) is 7.26. The van der Waals surface area contributed by atoms with Gasteiger partial charge in [0.05, 0.1) is 5.56 Å². The molecule has 0 saturated carbocycles. The zero-order valence-corrected chi connectivity index (χ0v) is 13.1. The lowest BCUT2D eigenvalue weighted by Crippen LogP contribution is -2.16. The van der Waals surface area contributed by atoms with Crippen molar-refractivity contribution in [3.63, 3.8) is 0 Å². The molecule has 0 bridgehead atoms. The third-order valence-corrected chi connectivity index (χ3v) is 4.25. The number of benzene rings is 1. The largest absolute Gasteiger partial charge is 0.478 e. The van der Waals surface area contributed by atoms with Crippen LogP contribution in [-0.4, -0.2) is 16.8 Å². The number of aromatic carboxylic acids is 1. The van der Waals surface area contributed by atoms with Crippen LogP contribution in [0.2, 0.25) is 0 Å². The Morgan fingerprint density at radius 3 is 2.37 bits per heavy atom. The number of carboxylic acid groups (broad SMARTS) is 1. The summed E-state index contributed by atoms with van der Waals surface area (Å²) in [6.45, 7) is 10.4. The third kappa shape index (κ3) is 4.16. The minimum Gasteiger partial charge on any atom is -0.478 e. The van der Waals surface area contributed by atoms with Crippen molar-refractivity contribution in [2.24, 2.45) is 5.92 Å². The van der Waals surface area contributed by atoms with Crippen LogP contribution in [0.15, 0.2) is 17.0 Å². The van der Waals surface area contributed by atoms with Gasteiger partial charge in [-0.1, -0.05) is 34.6 Å². The highest BCUT2D eigenvalue weighted by molar-refractivity contribution is 7.99. The van der Waals surface area contributed by atoms with Crippen molar-refractivity contribution < 1.29 is 9.90 Å². The molecule has 0 aliphatic rings. The molecule has 0 radical (unpaired) electrons. The van der Waals surface area contributed by atoms with Crippen LogP contribution in [-0.2, 0) is 5.41 Å². The molecule has 0 heterocycles. The summed E-state index contributed by atoms with van der Waals surface area (Å²) in [5, 5.41) is 9.22. The number of anilines is 1. The molecule has 0 spiro atoms. The molecule has 0 amide bonds. The molecule has 0 atom stereocenters. The number of hydrogen-bond acceptors (Lipinski definition) is 3. The molecule has 0 saturated heterocycles. The van der Waals surface area contributed by atoms with Crippen LogP contribution in [0.25, 0.3) is 0 Å². The average molecular weight is 281 g/mol. The summed E-state index contributed by atoms with van der Waals surface area (Å²) in [5.74, 6) is 0.560. The van der Waals surface area contributed by atoms with Gasteiger partial charge in [-0.2, -0.15) is 0 Å².